The van der Waals surface area contributed by atoms with Crippen LogP contribution in [-0.2, 0) is 11.3 Å². The van der Waals surface area contributed by atoms with Gasteiger partial charge in [-0.05, 0) is 24.8 Å². The van der Waals surface area contributed by atoms with Crippen LogP contribution >= 0.6 is 0 Å². The van der Waals surface area contributed by atoms with Crippen molar-refractivity contribution in [3.05, 3.63) is 68.5 Å². The number of hydrogen-bond donors (Lipinski definition) is 3. The predicted molar refractivity (Wildman–Crippen MR) is 96.9 cm³/mol. The highest BCUT2D eigenvalue weighted by Gasteiger charge is 2.46. The molecule has 7 heteroatoms. The largest absolute Gasteiger partial charge is 0.350 e. The molecule has 3 heterocycles. The Hall–Kier alpha value is -2.67. The summed E-state index contributed by atoms with van der Waals surface area (Å²) in [4.78, 5) is 42.4. The number of rotatable bonds is 3. The first-order valence-electron chi connectivity index (χ1n) is 8.95. The molecule has 2 aromatic rings. The number of nitrogens with one attached hydrogen (secondary N) is 3. The molecule has 0 unspecified atom stereocenters. The van der Waals surface area contributed by atoms with Crippen molar-refractivity contribution < 1.29 is 4.79 Å². The van der Waals surface area contributed by atoms with Crippen molar-refractivity contribution in [3.8, 4) is 0 Å². The monoisotopic (exact) mass is 354 g/mol. The topological polar surface area (TPSA) is 98.1 Å². The van der Waals surface area contributed by atoms with E-state index in [2.05, 4.69) is 20.2 Å². The molecule has 0 aliphatic carbocycles. The Kier molecular flexibility index (Phi) is 4.24. The number of piperidine rings is 1. The maximum atomic E-state index is 12.5. The molecule has 1 aromatic carbocycles. The van der Waals surface area contributed by atoms with E-state index in [9.17, 15) is 14.4 Å². The zero-order valence-corrected chi connectivity index (χ0v) is 14.5. The van der Waals surface area contributed by atoms with Gasteiger partial charge in [-0.1, -0.05) is 30.3 Å². The molecule has 2 aliphatic rings. The summed E-state index contributed by atoms with van der Waals surface area (Å²) in [6, 6.07) is 11.4. The molecule has 2 fully saturated rings. The normalized spacial score (nSPS) is 22.5. The van der Waals surface area contributed by atoms with Gasteiger partial charge >= 0.3 is 5.69 Å². The lowest BCUT2D eigenvalue weighted by Crippen LogP contribution is -2.50. The number of nitrogens with zero attached hydrogens (tertiary/aromatic N) is 1. The van der Waals surface area contributed by atoms with E-state index in [4.69, 9.17) is 0 Å². The minimum absolute atomic E-state index is 0.0770. The molecule has 2 aliphatic heterocycles. The van der Waals surface area contributed by atoms with Gasteiger partial charge in [0.1, 0.15) is 0 Å². The van der Waals surface area contributed by atoms with Crippen molar-refractivity contribution in [2.24, 2.45) is 0 Å². The van der Waals surface area contributed by atoms with Crippen molar-refractivity contribution >= 4 is 5.91 Å². The number of aromatic nitrogens is 2. The summed E-state index contributed by atoms with van der Waals surface area (Å²) in [5.74, 6) is 0.0374. The number of benzene rings is 1. The van der Waals surface area contributed by atoms with Crippen LogP contribution in [0.2, 0.25) is 0 Å². The van der Waals surface area contributed by atoms with E-state index in [0.29, 0.717) is 12.2 Å². The lowest BCUT2D eigenvalue weighted by atomic mass is 9.82. The molecule has 4 rings (SSSR count). The first kappa shape index (κ1) is 16.8. The Labute approximate surface area is 150 Å². The smallest absolute Gasteiger partial charge is 0.325 e. The molecule has 136 valence electrons. The van der Waals surface area contributed by atoms with E-state index < -0.39 is 5.69 Å². The van der Waals surface area contributed by atoms with Gasteiger partial charge in [0, 0.05) is 36.9 Å². The number of carbonyl (C=O) groups is 1. The van der Waals surface area contributed by atoms with Crippen molar-refractivity contribution in [1.29, 1.82) is 0 Å². The number of H-pyrrole nitrogens is 2. The summed E-state index contributed by atoms with van der Waals surface area (Å²) in [5, 5.41) is 3.24. The molecule has 1 amide bonds. The molecule has 1 spiro atoms. The van der Waals surface area contributed by atoms with Gasteiger partial charge in [-0.15, -0.1) is 0 Å². The van der Waals surface area contributed by atoms with Gasteiger partial charge in [0.2, 0.25) is 5.91 Å². The summed E-state index contributed by atoms with van der Waals surface area (Å²) in [6.45, 7) is 2.17. The van der Waals surface area contributed by atoms with E-state index in [-0.39, 0.29) is 22.9 Å². The molecule has 26 heavy (non-hydrogen) atoms. The third kappa shape index (κ3) is 3.35. The van der Waals surface area contributed by atoms with Crippen molar-refractivity contribution in [3.63, 3.8) is 0 Å². The van der Waals surface area contributed by atoms with E-state index in [0.717, 1.165) is 37.9 Å². The lowest BCUT2D eigenvalue weighted by molar-refractivity contribution is -0.121. The van der Waals surface area contributed by atoms with Crippen LogP contribution < -0.4 is 16.6 Å². The highest BCUT2D eigenvalue weighted by atomic mass is 16.2. The van der Waals surface area contributed by atoms with Crippen LogP contribution in [-0.4, -0.2) is 39.4 Å². The maximum absolute atomic E-state index is 12.5. The molecule has 2 saturated heterocycles. The van der Waals surface area contributed by atoms with Crippen LogP contribution in [0.25, 0.3) is 0 Å². The van der Waals surface area contributed by atoms with Crippen LogP contribution in [0, 0.1) is 0 Å². The zero-order chi connectivity index (χ0) is 18.1. The van der Waals surface area contributed by atoms with E-state index in [1.807, 2.05) is 30.3 Å². The Balaban J connectivity index is 1.41. The number of likely N-dealkylation sites (tertiary alicyclic amines) is 1. The average molecular weight is 354 g/mol. The highest BCUT2D eigenvalue weighted by molar-refractivity contribution is 5.87. The van der Waals surface area contributed by atoms with Gasteiger partial charge in [-0.25, -0.2) is 4.79 Å². The maximum Gasteiger partial charge on any atom is 0.325 e. The fourth-order valence-electron chi connectivity index (χ4n) is 4.15. The SMILES string of the molecule is O=C1NC2(CCN(Cc3cc(=O)[nH]c(=O)[nH]3)CC2)C[C@@H]1c1ccccc1. The summed E-state index contributed by atoms with van der Waals surface area (Å²) >= 11 is 0. The summed E-state index contributed by atoms with van der Waals surface area (Å²) < 4.78 is 0. The zero-order valence-electron chi connectivity index (χ0n) is 14.5. The molecule has 0 bridgehead atoms. The summed E-state index contributed by atoms with van der Waals surface area (Å²) in [5.41, 5.74) is 0.689. The van der Waals surface area contributed by atoms with E-state index >= 15 is 0 Å². The lowest BCUT2D eigenvalue weighted by Gasteiger charge is -2.39. The van der Waals surface area contributed by atoms with Crippen LogP contribution in [0.1, 0.15) is 36.4 Å². The minimum Gasteiger partial charge on any atom is -0.350 e. The van der Waals surface area contributed by atoms with E-state index in [1.165, 1.54) is 6.07 Å². The van der Waals surface area contributed by atoms with Gasteiger partial charge in [0.25, 0.3) is 5.56 Å². The number of aromatic amines is 2. The third-order valence-electron chi connectivity index (χ3n) is 5.52. The second-order valence-corrected chi connectivity index (χ2v) is 7.33. The molecular formula is C19H22N4O3. The molecular weight excluding hydrogens is 332 g/mol. The predicted octanol–water partition coefficient (Wildman–Crippen LogP) is 0.701. The second kappa shape index (κ2) is 6.57. The quantitative estimate of drug-likeness (QED) is 0.756. The van der Waals surface area contributed by atoms with Gasteiger partial charge < -0.3 is 10.3 Å². The fourth-order valence-corrected chi connectivity index (χ4v) is 4.15. The standard InChI is InChI=1S/C19H22N4O3/c24-16-10-14(20-18(26)21-16)12-23-8-6-19(7-9-23)11-15(17(25)22-19)13-4-2-1-3-5-13/h1-5,10,15H,6-9,11-12H2,(H,22,25)(H2,20,21,24,26)/t15-/m1/s1. The Morgan fingerprint density at radius 2 is 1.77 bits per heavy atom. The first-order valence-corrected chi connectivity index (χ1v) is 8.95. The van der Waals surface area contributed by atoms with Crippen LogP contribution in [0.3, 0.4) is 0 Å². The number of hydrogen-bond acceptors (Lipinski definition) is 4. The van der Waals surface area contributed by atoms with Crippen molar-refractivity contribution in [2.75, 3.05) is 13.1 Å². The van der Waals surface area contributed by atoms with Crippen LogP contribution in [0.5, 0.6) is 0 Å². The van der Waals surface area contributed by atoms with Crippen molar-refractivity contribution in [1.82, 2.24) is 20.2 Å². The van der Waals surface area contributed by atoms with E-state index in [1.54, 1.807) is 0 Å². The third-order valence-corrected chi connectivity index (χ3v) is 5.52. The Morgan fingerprint density at radius 3 is 2.46 bits per heavy atom. The van der Waals surface area contributed by atoms with Gasteiger partial charge in [0.15, 0.2) is 0 Å². The molecule has 0 saturated carbocycles. The van der Waals surface area contributed by atoms with Crippen molar-refractivity contribution in [2.45, 2.75) is 37.3 Å². The van der Waals surface area contributed by atoms with Gasteiger partial charge in [0.05, 0.1) is 5.92 Å². The molecule has 0 radical (unpaired) electrons. The summed E-state index contributed by atoms with van der Waals surface area (Å²) in [6.07, 6.45) is 2.57. The average Bonchev–Trinajstić information content (AvgIpc) is 2.93. The van der Waals surface area contributed by atoms with Gasteiger partial charge in [-0.2, -0.15) is 0 Å². The fraction of sp³-hybridized carbons (Fsp3) is 0.421. The Morgan fingerprint density at radius 1 is 1.04 bits per heavy atom. The minimum atomic E-state index is -0.477. The van der Waals surface area contributed by atoms with Crippen LogP contribution in [0.15, 0.2) is 46.0 Å². The molecule has 1 aromatic heterocycles. The highest BCUT2D eigenvalue weighted by Crippen LogP contribution is 2.39. The van der Waals surface area contributed by atoms with Gasteiger partial charge in [-0.3, -0.25) is 19.5 Å². The van der Waals surface area contributed by atoms with Crippen LogP contribution in [0.4, 0.5) is 0 Å². The first-order chi connectivity index (χ1) is 12.5. The summed E-state index contributed by atoms with van der Waals surface area (Å²) in [7, 11) is 0. The second-order valence-electron chi connectivity index (χ2n) is 7.33. The molecule has 1 atom stereocenters. The molecule has 7 nitrogen and oxygen atoms in total. The number of amides is 1. The Bertz CT molecular complexity index is 882. The number of carbonyl (C=O) groups excluding carboxylic acids is 1. The molecule has 3 N–H and O–H groups in total.